The van der Waals surface area contributed by atoms with Crippen LogP contribution < -0.4 is 4.90 Å². The van der Waals surface area contributed by atoms with Gasteiger partial charge in [-0.05, 0) is 122 Å². The van der Waals surface area contributed by atoms with Crippen molar-refractivity contribution in [2.24, 2.45) is 0 Å². The minimum Gasteiger partial charge on any atom is -0.455 e. The van der Waals surface area contributed by atoms with Gasteiger partial charge in [-0.15, -0.1) is 0 Å². The highest BCUT2D eigenvalue weighted by Crippen LogP contribution is 2.43. The molecule has 73 heavy (non-hydrogen) atoms. The van der Waals surface area contributed by atoms with Crippen molar-refractivity contribution in [3.8, 4) is 61.3 Å². The Morgan fingerprint density at radius 3 is 1.38 bits per heavy atom. The van der Waals surface area contributed by atoms with Gasteiger partial charge in [0.1, 0.15) is 11.2 Å². The summed E-state index contributed by atoms with van der Waals surface area (Å²) in [6, 6.07) is 101. The van der Waals surface area contributed by atoms with Crippen molar-refractivity contribution in [2.75, 3.05) is 4.90 Å². The molecule has 2 aromatic heterocycles. The predicted octanol–water partition coefficient (Wildman–Crippen LogP) is 19.6. The van der Waals surface area contributed by atoms with Gasteiger partial charge in [-0.1, -0.05) is 212 Å². The van der Waals surface area contributed by atoms with Crippen LogP contribution in [-0.2, 0) is 0 Å². The zero-order valence-electron chi connectivity index (χ0n) is 39.9. The van der Waals surface area contributed by atoms with Gasteiger partial charge in [0.15, 0.2) is 0 Å². The fraction of sp³-hybridized carbons (Fsp3) is 0. The molecule has 0 saturated heterocycles. The Hall–Kier alpha value is -9.70. The standard InChI is InChI=1S/C70H46N2O/c1-2-15-53-46-54(33-30-47(53)14-1)50-36-42-56(43-37-50)71(55-40-34-49(35-41-55)48-28-31-52(32-29-48)59-22-13-23-65-64-21-8-12-27-69(64)73-70(59)65)57-44-38-51(39-45-57)58-16-3-4-17-60(58)61-18-5-9-24-66(61)72-67-25-10-6-19-62(67)63-20-7-11-26-68(63)72/h1-46H. The Labute approximate surface area is 423 Å². The molecule has 342 valence electrons. The van der Waals surface area contributed by atoms with Crippen molar-refractivity contribution >= 4 is 71.6 Å². The van der Waals surface area contributed by atoms with E-state index in [9.17, 15) is 0 Å². The van der Waals surface area contributed by atoms with Gasteiger partial charge in [0.2, 0.25) is 0 Å². The fourth-order valence-electron chi connectivity index (χ4n) is 11.1. The first-order chi connectivity index (χ1) is 36.2. The van der Waals surface area contributed by atoms with Crippen LogP contribution in [0.1, 0.15) is 0 Å². The second kappa shape index (κ2) is 17.6. The first-order valence-electron chi connectivity index (χ1n) is 25.0. The molecule has 0 aliphatic carbocycles. The van der Waals surface area contributed by atoms with E-state index < -0.39 is 0 Å². The molecular weight excluding hydrogens is 885 g/mol. The van der Waals surface area contributed by atoms with Crippen molar-refractivity contribution < 1.29 is 4.42 Å². The maximum absolute atomic E-state index is 6.39. The molecule has 14 aromatic rings. The minimum atomic E-state index is 0.909. The highest BCUT2D eigenvalue weighted by atomic mass is 16.3. The number of anilines is 3. The molecule has 0 bridgehead atoms. The fourth-order valence-corrected chi connectivity index (χ4v) is 11.1. The van der Waals surface area contributed by atoms with Crippen LogP contribution in [0, 0.1) is 0 Å². The molecule has 0 N–H and O–H groups in total. The first-order valence-corrected chi connectivity index (χ1v) is 25.0. The quantitative estimate of drug-likeness (QED) is 0.144. The van der Waals surface area contributed by atoms with Crippen LogP contribution >= 0.6 is 0 Å². The third-order valence-corrected chi connectivity index (χ3v) is 14.6. The lowest BCUT2D eigenvalue weighted by Gasteiger charge is -2.26. The lowest BCUT2D eigenvalue weighted by molar-refractivity contribution is 0.670. The van der Waals surface area contributed by atoms with Crippen molar-refractivity contribution in [3.05, 3.63) is 279 Å². The molecule has 0 saturated carbocycles. The van der Waals surface area contributed by atoms with Crippen LogP contribution in [0.25, 0.3) is 116 Å². The summed E-state index contributed by atoms with van der Waals surface area (Å²) in [4.78, 5) is 2.36. The van der Waals surface area contributed by atoms with Crippen LogP contribution in [0.4, 0.5) is 17.1 Å². The molecule has 0 aliphatic rings. The number of benzene rings is 12. The predicted molar refractivity (Wildman–Crippen MR) is 307 cm³/mol. The van der Waals surface area contributed by atoms with Gasteiger partial charge in [0, 0.05) is 49.7 Å². The van der Waals surface area contributed by atoms with E-state index in [0.29, 0.717) is 0 Å². The molecule has 14 rings (SSSR count). The number of nitrogens with zero attached hydrogens (tertiary/aromatic N) is 2. The van der Waals surface area contributed by atoms with Crippen molar-refractivity contribution in [1.82, 2.24) is 4.57 Å². The van der Waals surface area contributed by atoms with Gasteiger partial charge in [-0.2, -0.15) is 0 Å². The molecule has 0 fully saturated rings. The monoisotopic (exact) mass is 930 g/mol. The molecule has 0 radical (unpaired) electrons. The van der Waals surface area contributed by atoms with Crippen LogP contribution in [0.3, 0.4) is 0 Å². The van der Waals surface area contributed by atoms with Gasteiger partial charge < -0.3 is 13.9 Å². The van der Waals surface area contributed by atoms with Gasteiger partial charge in [0.25, 0.3) is 0 Å². The van der Waals surface area contributed by atoms with Crippen molar-refractivity contribution in [3.63, 3.8) is 0 Å². The summed E-state index contributed by atoms with van der Waals surface area (Å²) in [5, 5.41) is 7.26. The Morgan fingerprint density at radius 1 is 0.274 bits per heavy atom. The van der Waals surface area contributed by atoms with E-state index in [1.165, 1.54) is 60.4 Å². The number of furan rings is 1. The molecule has 0 aliphatic heterocycles. The molecule has 0 unspecified atom stereocenters. The number of fused-ring (bicyclic) bond motifs is 7. The van der Waals surface area contributed by atoms with E-state index in [4.69, 9.17) is 4.42 Å². The van der Waals surface area contributed by atoms with E-state index in [1.807, 2.05) is 12.1 Å². The summed E-state index contributed by atoms with van der Waals surface area (Å²) in [5.41, 5.74) is 20.2. The Balaban J connectivity index is 0.822. The van der Waals surface area contributed by atoms with Crippen LogP contribution in [0.2, 0.25) is 0 Å². The third-order valence-electron chi connectivity index (χ3n) is 14.6. The highest BCUT2D eigenvalue weighted by Gasteiger charge is 2.19. The number of para-hydroxylation sites is 5. The SMILES string of the molecule is c1ccc(-c2ccccc2-n2c3ccccc3c3ccccc32)c(-c2ccc(N(c3ccc(-c4ccc(-c5cccc6c5oc5ccccc56)cc4)cc3)c3ccc(-c4ccc5ccccc5c4)cc3)cc2)c1. The Kier molecular flexibility index (Phi) is 10.2. The smallest absolute Gasteiger partial charge is 0.143 e. The third kappa shape index (κ3) is 7.37. The van der Waals surface area contributed by atoms with E-state index in [-0.39, 0.29) is 0 Å². The summed E-state index contributed by atoms with van der Waals surface area (Å²) in [6.07, 6.45) is 0. The molecule has 12 aromatic carbocycles. The Bertz CT molecular complexity index is 4300. The molecule has 0 atom stereocenters. The van der Waals surface area contributed by atoms with Crippen LogP contribution in [0.15, 0.2) is 283 Å². The molecule has 0 spiro atoms. The summed E-state index contributed by atoms with van der Waals surface area (Å²) in [5.74, 6) is 0. The van der Waals surface area contributed by atoms with Gasteiger partial charge in [-0.25, -0.2) is 0 Å². The van der Waals surface area contributed by atoms with Crippen LogP contribution in [0.5, 0.6) is 0 Å². The van der Waals surface area contributed by atoms with E-state index in [1.54, 1.807) is 0 Å². The number of rotatable bonds is 9. The highest BCUT2D eigenvalue weighted by molar-refractivity contribution is 6.11. The molecule has 0 amide bonds. The molecular formula is C70H46N2O. The summed E-state index contributed by atoms with van der Waals surface area (Å²) >= 11 is 0. The summed E-state index contributed by atoms with van der Waals surface area (Å²) < 4.78 is 8.82. The molecule has 3 heteroatoms. The average Bonchev–Trinajstić information content (AvgIpc) is 4.02. The Morgan fingerprint density at radius 2 is 0.712 bits per heavy atom. The normalized spacial score (nSPS) is 11.6. The van der Waals surface area contributed by atoms with Crippen molar-refractivity contribution in [2.45, 2.75) is 0 Å². The second-order valence-corrected chi connectivity index (χ2v) is 18.8. The van der Waals surface area contributed by atoms with Crippen molar-refractivity contribution in [1.29, 1.82) is 0 Å². The minimum absolute atomic E-state index is 0.909. The maximum atomic E-state index is 6.39. The van der Waals surface area contributed by atoms with Gasteiger partial charge in [0.05, 0.1) is 16.7 Å². The summed E-state index contributed by atoms with van der Waals surface area (Å²) in [6.45, 7) is 0. The van der Waals surface area contributed by atoms with Crippen LogP contribution in [-0.4, -0.2) is 4.57 Å². The average molecular weight is 931 g/mol. The van der Waals surface area contributed by atoms with Gasteiger partial charge in [-0.3, -0.25) is 0 Å². The number of hydrogen-bond acceptors (Lipinski definition) is 2. The number of aromatic nitrogens is 1. The molecule has 2 heterocycles. The zero-order chi connectivity index (χ0) is 48.2. The number of hydrogen-bond donors (Lipinski definition) is 0. The van der Waals surface area contributed by atoms with Gasteiger partial charge >= 0.3 is 0 Å². The van der Waals surface area contributed by atoms with E-state index in [0.717, 1.165) is 72.5 Å². The lowest BCUT2D eigenvalue weighted by atomic mass is 9.93. The first kappa shape index (κ1) is 42.2. The van der Waals surface area contributed by atoms with E-state index in [2.05, 4.69) is 276 Å². The summed E-state index contributed by atoms with van der Waals surface area (Å²) in [7, 11) is 0. The molecule has 3 nitrogen and oxygen atoms in total. The topological polar surface area (TPSA) is 21.3 Å². The van der Waals surface area contributed by atoms with E-state index >= 15 is 0 Å². The zero-order valence-corrected chi connectivity index (χ0v) is 39.9. The maximum Gasteiger partial charge on any atom is 0.143 e. The second-order valence-electron chi connectivity index (χ2n) is 18.8. The largest absolute Gasteiger partial charge is 0.455 e. The lowest BCUT2D eigenvalue weighted by Crippen LogP contribution is -2.09.